The summed E-state index contributed by atoms with van der Waals surface area (Å²) in [5.74, 6) is -2.41. The van der Waals surface area contributed by atoms with Gasteiger partial charge in [0.05, 0.1) is 18.9 Å². The summed E-state index contributed by atoms with van der Waals surface area (Å²) in [6.07, 6.45) is -3.00. The number of carbonyl (C=O) groups excluding carboxylic acids is 1. The van der Waals surface area contributed by atoms with Crippen LogP contribution >= 0.6 is 0 Å². The predicted octanol–water partition coefficient (Wildman–Crippen LogP) is 1.73. The molecule has 1 aliphatic rings. The number of carboxylic acid groups (broad SMARTS) is 1. The number of anilines is 1. The second-order valence-electron chi connectivity index (χ2n) is 4.37. The Morgan fingerprint density at radius 2 is 2.13 bits per heavy atom. The zero-order chi connectivity index (χ0) is 17.6. The number of rotatable bonds is 3. The average molecular weight is 335 g/mol. The molecule has 1 aliphatic heterocycles. The molecule has 0 bridgehead atoms. The molecule has 10 heteroatoms. The number of amides is 1. The number of carbonyl (C=O) groups is 2. The van der Waals surface area contributed by atoms with Gasteiger partial charge < -0.3 is 14.4 Å². The van der Waals surface area contributed by atoms with E-state index in [4.69, 9.17) is 14.6 Å². The van der Waals surface area contributed by atoms with E-state index in [0.717, 1.165) is 24.4 Å². The fourth-order valence-corrected chi connectivity index (χ4v) is 1.87. The highest BCUT2D eigenvalue weighted by molar-refractivity contribution is 5.97. The molecule has 128 valence electrons. The molecule has 7 nitrogen and oxygen atoms in total. The molecule has 0 saturated heterocycles. The molecule has 2 rings (SSSR count). The van der Waals surface area contributed by atoms with E-state index in [1.165, 1.54) is 6.08 Å². The summed E-state index contributed by atoms with van der Waals surface area (Å²) in [5, 5.41) is 9.83. The lowest BCUT2D eigenvalue weighted by Crippen LogP contribution is -2.21. The lowest BCUT2D eigenvalue weighted by molar-refractivity contribution is -0.192. The van der Waals surface area contributed by atoms with Crippen LogP contribution in [-0.4, -0.2) is 39.3 Å². The van der Waals surface area contributed by atoms with Gasteiger partial charge in [-0.15, -0.1) is 0 Å². The van der Waals surface area contributed by atoms with E-state index in [1.807, 2.05) is 11.5 Å². The molecule has 23 heavy (non-hydrogen) atoms. The fourth-order valence-electron chi connectivity index (χ4n) is 1.87. The Labute approximate surface area is 129 Å². The van der Waals surface area contributed by atoms with Gasteiger partial charge in [-0.25, -0.2) is 9.78 Å². The highest BCUT2D eigenvalue weighted by atomic mass is 19.4. The number of aliphatic carboxylic acids is 1. The summed E-state index contributed by atoms with van der Waals surface area (Å²) in [6.45, 7) is 7.48. The van der Waals surface area contributed by atoms with Crippen molar-refractivity contribution in [3.63, 3.8) is 0 Å². The maximum Gasteiger partial charge on any atom is 0.490 e. The van der Waals surface area contributed by atoms with Crippen molar-refractivity contribution >= 4 is 17.8 Å². The zero-order valence-corrected chi connectivity index (χ0v) is 12.3. The number of alkyl halides is 3. The van der Waals surface area contributed by atoms with Crippen molar-refractivity contribution in [2.75, 3.05) is 11.9 Å². The molecule has 0 saturated carbocycles. The maximum atomic E-state index is 11.2. The van der Waals surface area contributed by atoms with E-state index >= 15 is 0 Å². The maximum absolute atomic E-state index is 11.2. The second-order valence-corrected chi connectivity index (χ2v) is 4.37. The van der Waals surface area contributed by atoms with Crippen molar-refractivity contribution in [1.29, 1.82) is 0 Å². The molecule has 0 unspecified atom stereocenters. The molecular formula is C13H16F3N3O4. The second kappa shape index (κ2) is 7.77. The van der Waals surface area contributed by atoms with Crippen LogP contribution in [0.15, 0.2) is 12.7 Å². The van der Waals surface area contributed by atoms with Crippen LogP contribution in [0.2, 0.25) is 0 Å². The van der Waals surface area contributed by atoms with E-state index in [1.54, 1.807) is 0 Å². The van der Waals surface area contributed by atoms with E-state index in [0.29, 0.717) is 19.2 Å². The first-order valence-corrected chi connectivity index (χ1v) is 6.60. The Bertz CT molecular complexity index is 596. The van der Waals surface area contributed by atoms with Gasteiger partial charge >= 0.3 is 12.1 Å². The molecule has 2 N–H and O–H groups in total. The van der Waals surface area contributed by atoms with Crippen molar-refractivity contribution in [1.82, 2.24) is 9.55 Å². The van der Waals surface area contributed by atoms with Crippen molar-refractivity contribution in [3.8, 4) is 0 Å². The van der Waals surface area contributed by atoms with E-state index in [-0.39, 0.29) is 5.91 Å². The molecule has 2 heterocycles. The Kier molecular flexibility index (Phi) is 6.31. The van der Waals surface area contributed by atoms with Crippen molar-refractivity contribution in [2.45, 2.75) is 32.7 Å². The predicted molar refractivity (Wildman–Crippen MR) is 73.8 cm³/mol. The number of carboxylic acids is 1. The first kappa shape index (κ1) is 18.7. The quantitative estimate of drug-likeness (QED) is 0.821. The molecule has 1 amide bonds. The number of hydrogen-bond acceptors (Lipinski definition) is 4. The van der Waals surface area contributed by atoms with Gasteiger partial charge in [0.15, 0.2) is 0 Å². The summed E-state index contributed by atoms with van der Waals surface area (Å²) in [5.41, 5.74) is 2.08. The minimum Gasteiger partial charge on any atom is -0.475 e. The SMILES string of the molecule is C=CC(=O)Nc1nc2c(n1CC)CCOC2.O=C(O)C(F)(F)F. The van der Waals surface area contributed by atoms with Crippen molar-refractivity contribution < 1.29 is 32.6 Å². The lowest BCUT2D eigenvalue weighted by Gasteiger charge is -2.14. The molecular weight excluding hydrogens is 319 g/mol. The third-order valence-electron chi connectivity index (χ3n) is 2.86. The zero-order valence-electron chi connectivity index (χ0n) is 12.3. The summed E-state index contributed by atoms with van der Waals surface area (Å²) < 4.78 is 39.1. The van der Waals surface area contributed by atoms with Gasteiger partial charge in [0, 0.05) is 18.7 Å². The van der Waals surface area contributed by atoms with Crippen LogP contribution < -0.4 is 5.32 Å². The van der Waals surface area contributed by atoms with Crippen LogP contribution in [-0.2, 0) is 33.9 Å². The fraction of sp³-hybridized carbons (Fsp3) is 0.462. The van der Waals surface area contributed by atoms with Crippen LogP contribution in [0.25, 0.3) is 0 Å². The number of halogens is 3. The molecule has 0 fully saturated rings. The van der Waals surface area contributed by atoms with Gasteiger partial charge in [-0.1, -0.05) is 6.58 Å². The minimum absolute atomic E-state index is 0.238. The molecule has 0 aliphatic carbocycles. The third kappa shape index (κ3) is 5.09. The van der Waals surface area contributed by atoms with Gasteiger partial charge in [-0.05, 0) is 13.0 Å². The number of nitrogens with zero attached hydrogens (tertiary/aromatic N) is 2. The van der Waals surface area contributed by atoms with E-state index in [2.05, 4.69) is 16.9 Å². The number of imidazole rings is 1. The number of aromatic nitrogens is 2. The van der Waals surface area contributed by atoms with E-state index < -0.39 is 12.1 Å². The standard InChI is InChI=1S/C11H15N3O2.C2HF3O2/c1-3-10(15)13-11-12-8-7-16-6-5-9(8)14(11)4-2;3-2(4,5)1(6)7/h3H,1,4-7H2,2H3,(H,12,13,15);(H,6,7). The van der Waals surface area contributed by atoms with Gasteiger partial charge in [-0.3, -0.25) is 10.1 Å². The first-order valence-electron chi connectivity index (χ1n) is 6.60. The molecule has 1 aromatic rings. The van der Waals surface area contributed by atoms with Crippen molar-refractivity contribution in [3.05, 3.63) is 24.0 Å². The Morgan fingerprint density at radius 1 is 1.52 bits per heavy atom. The highest BCUT2D eigenvalue weighted by Crippen LogP contribution is 2.21. The first-order chi connectivity index (χ1) is 10.7. The number of hydrogen-bond donors (Lipinski definition) is 2. The third-order valence-corrected chi connectivity index (χ3v) is 2.86. The molecule has 0 spiro atoms. The Morgan fingerprint density at radius 3 is 2.61 bits per heavy atom. The molecule has 0 aromatic carbocycles. The Balaban J connectivity index is 0.000000322. The smallest absolute Gasteiger partial charge is 0.475 e. The summed E-state index contributed by atoms with van der Waals surface area (Å²) >= 11 is 0. The van der Waals surface area contributed by atoms with Crippen LogP contribution in [0.5, 0.6) is 0 Å². The molecule has 1 aromatic heterocycles. The van der Waals surface area contributed by atoms with Crippen LogP contribution in [0, 0.1) is 0 Å². The monoisotopic (exact) mass is 335 g/mol. The van der Waals surface area contributed by atoms with Gasteiger partial charge in [0.1, 0.15) is 0 Å². The number of nitrogens with one attached hydrogen (secondary N) is 1. The van der Waals surface area contributed by atoms with Gasteiger partial charge in [-0.2, -0.15) is 13.2 Å². The van der Waals surface area contributed by atoms with E-state index in [9.17, 15) is 18.0 Å². The van der Waals surface area contributed by atoms with Crippen LogP contribution in [0.3, 0.4) is 0 Å². The number of ether oxygens (including phenoxy) is 1. The molecule has 0 radical (unpaired) electrons. The van der Waals surface area contributed by atoms with Gasteiger partial charge in [0.25, 0.3) is 0 Å². The summed E-state index contributed by atoms with van der Waals surface area (Å²) in [6, 6.07) is 0. The summed E-state index contributed by atoms with van der Waals surface area (Å²) in [4.78, 5) is 24.5. The van der Waals surface area contributed by atoms with Gasteiger partial charge in [0.2, 0.25) is 11.9 Å². The lowest BCUT2D eigenvalue weighted by atomic mass is 10.2. The molecule has 0 atom stereocenters. The van der Waals surface area contributed by atoms with Crippen LogP contribution in [0.4, 0.5) is 19.1 Å². The minimum atomic E-state index is -5.08. The average Bonchev–Trinajstić information content (AvgIpc) is 2.83. The normalized spacial score (nSPS) is 13.4. The van der Waals surface area contributed by atoms with Crippen LogP contribution in [0.1, 0.15) is 18.3 Å². The Hall–Kier alpha value is -2.36. The summed E-state index contributed by atoms with van der Waals surface area (Å²) in [7, 11) is 0. The largest absolute Gasteiger partial charge is 0.490 e. The topological polar surface area (TPSA) is 93.5 Å². The highest BCUT2D eigenvalue weighted by Gasteiger charge is 2.38. The number of fused-ring (bicyclic) bond motifs is 1. The van der Waals surface area contributed by atoms with Crippen molar-refractivity contribution in [2.24, 2.45) is 0 Å².